The summed E-state index contributed by atoms with van der Waals surface area (Å²) in [5.74, 6) is -1.13. The predicted molar refractivity (Wildman–Crippen MR) is 88.3 cm³/mol. The summed E-state index contributed by atoms with van der Waals surface area (Å²) in [7, 11) is 0. The van der Waals surface area contributed by atoms with Crippen LogP contribution in [0.4, 0.5) is 0 Å². The van der Waals surface area contributed by atoms with Gasteiger partial charge < -0.3 is 15.3 Å². The Kier molecular flexibility index (Phi) is 5.11. The van der Waals surface area contributed by atoms with Crippen molar-refractivity contribution in [3.05, 3.63) is 0 Å². The van der Waals surface area contributed by atoms with Crippen molar-refractivity contribution in [2.45, 2.75) is 82.2 Å². The van der Waals surface area contributed by atoms with E-state index >= 15 is 0 Å². The number of rotatable bonds is 1. The van der Waals surface area contributed by atoms with Crippen molar-refractivity contribution in [3.8, 4) is 0 Å². The van der Waals surface area contributed by atoms with E-state index in [1.54, 1.807) is 4.90 Å². The third kappa shape index (κ3) is 3.42. The Morgan fingerprint density at radius 3 is 2.50 bits per heavy atom. The van der Waals surface area contributed by atoms with E-state index in [0.29, 0.717) is 25.8 Å². The van der Waals surface area contributed by atoms with Crippen LogP contribution in [0.3, 0.4) is 0 Å². The van der Waals surface area contributed by atoms with Gasteiger partial charge in [0, 0.05) is 13.0 Å². The minimum absolute atomic E-state index is 0.0367. The maximum atomic E-state index is 12.7. The minimum Gasteiger partial charge on any atom is -0.479 e. The molecule has 2 heterocycles. The molecule has 2 aliphatic heterocycles. The van der Waals surface area contributed by atoms with E-state index in [1.807, 2.05) is 0 Å². The van der Waals surface area contributed by atoms with Crippen LogP contribution in [0.25, 0.3) is 0 Å². The standard InChI is InChI=1S/C18H28N2O4/c21-15-10-6-4-2-1-3-5-8-13-12-18(13,17(23)24)19-16(22)14-9-7-11-20(14)15/h13-14H,1-12H2,(H,19,22)(H,23,24)/t13-,14+,18-/m1/s1. The monoisotopic (exact) mass is 336 g/mol. The van der Waals surface area contributed by atoms with E-state index in [2.05, 4.69) is 5.32 Å². The lowest BCUT2D eigenvalue weighted by Crippen LogP contribution is -2.53. The molecule has 3 rings (SSSR count). The summed E-state index contributed by atoms with van der Waals surface area (Å²) in [6, 6.07) is -0.486. The highest BCUT2D eigenvalue weighted by molar-refractivity contribution is 5.94. The summed E-state index contributed by atoms with van der Waals surface area (Å²) in [6.07, 6.45) is 9.65. The van der Waals surface area contributed by atoms with E-state index in [9.17, 15) is 19.5 Å². The second-order valence-electron chi connectivity index (χ2n) is 7.57. The van der Waals surface area contributed by atoms with Gasteiger partial charge in [0.25, 0.3) is 0 Å². The number of carboxylic acid groups (broad SMARTS) is 1. The molecule has 0 spiro atoms. The number of aliphatic carboxylic acids is 1. The van der Waals surface area contributed by atoms with Gasteiger partial charge in [0.1, 0.15) is 11.6 Å². The fourth-order valence-electron chi connectivity index (χ4n) is 4.31. The molecule has 6 nitrogen and oxygen atoms in total. The highest BCUT2D eigenvalue weighted by Crippen LogP contribution is 2.47. The average Bonchev–Trinajstić information content (AvgIpc) is 3.02. The highest BCUT2D eigenvalue weighted by atomic mass is 16.4. The van der Waals surface area contributed by atoms with Gasteiger partial charge in [-0.05, 0) is 38.0 Å². The molecular formula is C18H28N2O4. The van der Waals surface area contributed by atoms with E-state index in [0.717, 1.165) is 51.4 Å². The second kappa shape index (κ2) is 7.11. The van der Waals surface area contributed by atoms with E-state index in [-0.39, 0.29) is 17.7 Å². The topological polar surface area (TPSA) is 86.7 Å². The Balaban J connectivity index is 1.73. The zero-order valence-electron chi connectivity index (χ0n) is 14.3. The van der Waals surface area contributed by atoms with Crippen LogP contribution in [0.1, 0.15) is 70.6 Å². The van der Waals surface area contributed by atoms with E-state index in [4.69, 9.17) is 0 Å². The molecule has 3 fully saturated rings. The largest absolute Gasteiger partial charge is 0.479 e. The van der Waals surface area contributed by atoms with Gasteiger partial charge in [-0.1, -0.05) is 32.1 Å². The smallest absolute Gasteiger partial charge is 0.329 e. The molecule has 0 aromatic carbocycles. The van der Waals surface area contributed by atoms with Crippen LogP contribution in [0.5, 0.6) is 0 Å². The lowest BCUT2D eigenvalue weighted by molar-refractivity contribution is -0.145. The van der Waals surface area contributed by atoms with Crippen LogP contribution in [0, 0.1) is 5.92 Å². The number of hydrogen-bond donors (Lipinski definition) is 2. The van der Waals surface area contributed by atoms with E-state index in [1.165, 1.54) is 0 Å². The summed E-state index contributed by atoms with van der Waals surface area (Å²) >= 11 is 0. The molecule has 2 amide bonds. The van der Waals surface area contributed by atoms with Crippen molar-refractivity contribution < 1.29 is 19.5 Å². The molecule has 0 radical (unpaired) electrons. The fraction of sp³-hybridized carbons (Fsp3) is 0.833. The van der Waals surface area contributed by atoms with Crippen LogP contribution in [-0.4, -0.2) is 45.9 Å². The summed E-state index contributed by atoms with van der Waals surface area (Å²) < 4.78 is 0. The first-order valence-corrected chi connectivity index (χ1v) is 9.39. The highest BCUT2D eigenvalue weighted by Gasteiger charge is 2.61. The molecule has 2 saturated heterocycles. The molecule has 1 saturated carbocycles. The molecule has 1 aliphatic carbocycles. The van der Waals surface area contributed by atoms with Gasteiger partial charge in [0.05, 0.1) is 0 Å². The van der Waals surface area contributed by atoms with Crippen LogP contribution >= 0.6 is 0 Å². The van der Waals surface area contributed by atoms with Gasteiger partial charge in [-0.15, -0.1) is 0 Å². The normalized spacial score (nSPS) is 35.2. The van der Waals surface area contributed by atoms with Gasteiger partial charge in [0.15, 0.2) is 0 Å². The summed E-state index contributed by atoms with van der Waals surface area (Å²) in [5.41, 5.74) is -1.09. The molecule has 2 N–H and O–H groups in total. The van der Waals surface area contributed by atoms with Crippen molar-refractivity contribution in [1.82, 2.24) is 10.2 Å². The number of carbonyl (C=O) groups excluding carboxylic acids is 2. The summed E-state index contributed by atoms with van der Waals surface area (Å²) in [6.45, 7) is 0.612. The zero-order valence-corrected chi connectivity index (χ0v) is 14.3. The number of amides is 2. The lowest BCUT2D eigenvalue weighted by atomic mass is 10.0. The SMILES string of the molecule is O=C1N[C@]2(C(=O)O)C[C@H]2CCCCCCCCC(=O)N2CCC[C@@H]12. The van der Waals surface area contributed by atoms with Crippen LogP contribution < -0.4 is 5.32 Å². The number of fused-ring (bicyclic) bond motifs is 2. The van der Waals surface area contributed by atoms with Crippen molar-refractivity contribution >= 4 is 17.8 Å². The Bertz CT molecular complexity index is 521. The average molecular weight is 336 g/mol. The predicted octanol–water partition coefficient (Wildman–Crippen LogP) is 2.07. The zero-order chi connectivity index (χ0) is 17.2. The quantitative estimate of drug-likeness (QED) is 0.767. The first-order chi connectivity index (χ1) is 11.5. The molecule has 0 aromatic rings. The maximum absolute atomic E-state index is 12.7. The Labute approximate surface area is 143 Å². The first kappa shape index (κ1) is 17.2. The number of nitrogens with one attached hydrogen (secondary N) is 1. The van der Waals surface area contributed by atoms with Gasteiger partial charge in [-0.3, -0.25) is 9.59 Å². The van der Waals surface area contributed by atoms with Crippen LogP contribution in [-0.2, 0) is 14.4 Å². The van der Waals surface area contributed by atoms with E-state index < -0.39 is 17.6 Å². The van der Waals surface area contributed by atoms with Crippen molar-refractivity contribution in [2.75, 3.05) is 6.54 Å². The molecular weight excluding hydrogens is 308 g/mol. The molecule has 0 aromatic heterocycles. The van der Waals surface area contributed by atoms with Crippen molar-refractivity contribution in [3.63, 3.8) is 0 Å². The molecule has 24 heavy (non-hydrogen) atoms. The lowest BCUT2D eigenvalue weighted by Gasteiger charge is -2.26. The van der Waals surface area contributed by atoms with Crippen LogP contribution in [0.2, 0.25) is 0 Å². The van der Waals surface area contributed by atoms with Crippen LogP contribution in [0.15, 0.2) is 0 Å². The Morgan fingerprint density at radius 2 is 1.75 bits per heavy atom. The maximum Gasteiger partial charge on any atom is 0.329 e. The summed E-state index contributed by atoms with van der Waals surface area (Å²) in [4.78, 5) is 38.5. The first-order valence-electron chi connectivity index (χ1n) is 9.39. The number of nitrogens with zero attached hydrogens (tertiary/aromatic N) is 1. The van der Waals surface area contributed by atoms with Crippen molar-refractivity contribution in [1.29, 1.82) is 0 Å². The van der Waals surface area contributed by atoms with Crippen molar-refractivity contribution in [2.24, 2.45) is 5.92 Å². The third-order valence-electron chi connectivity index (χ3n) is 5.90. The van der Waals surface area contributed by atoms with Gasteiger partial charge in [-0.25, -0.2) is 4.79 Å². The number of carboxylic acids is 1. The number of hydrogen-bond acceptors (Lipinski definition) is 3. The molecule has 3 atom stereocenters. The molecule has 3 aliphatic rings. The Hall–Kier alpha value is -1.59. The van der Waals surface area contributed by atoms with Gasteiger partial charge >= 0.3 is 5.97 Å². The molecule has 0 bridgehead atoms. The van der Waals surface area contributed by atoms with Gasteiger partial charge in [-0.2, -0.15) is 0 Å². The Morgan fingerprint density at radius 1 is 1.04 bits per heavy atom. The van der Waals surface area contributed by atoms with Gasteiger partial charge in [0.2, 0.25) is 11.8 Å². The third-order valence-corrected chi connectivity index (χ3v) is 5.90. The number of carbonyl (C=O) groups is 3. The molecule has 6 heteroatoms. The minimum atomic E-state index is -1.09. The fourth-order valence-corrected chi connectivity index (χ4v) is 4.31. The summed E-state index contributed by atoms with van der Waals surface area (Å²) in [5, 5.41) is 12.4. The molecule has 0 unspecified atom stereocenters. The second-order valence-corrected chi connectivity index (χ2v) is 7.57. The molecule has 134 valence electrons.